The van der Waals surface area contributed by atoms with Gasteiger partial charge in [0.25, 0.3) is 0 Å². The molecule has 0 aliphatic rings. The maximum absolute atomic E-state index is 0. The van der Waals surface area contributed by atoms with Gasteiger partial charge in [-0.3, -0.25) is 0 Å². The van der Waals surface area contributed by atoms with Crippen molar-refractivity contribution < 1.29 is 26.5 Å². The van der Waals surface area contributed by atoms with Crippen LogP contribution in [0.4, 0.5) is 0 Å². The Morgan fingerprint density at radius 2 is 0.500 bits per heavy atom. The Bertz CT molecular complexity index is 3.25. The Balaban J connectivity index is 0. The second kappa shape index (κ2) is 2080. The minimum absolute atomic E-state index is 0. The maximum atomic E-state index is 0. The van der Waals surface area contributed by atoms with Crippen LogP contribution >= 0.6 is 0 Å². The minimum Gasteiger partial charge on any atom is -1.00 e. The summed E-state index contributed by atoms with van der Waals surface area (Å²) in [7, 11) is 0. The van der Waals surface area contributed by atoms with Gasteiger partial charge in [-0.2, -0.15) is 0 Å². The fourth-order valence-electron chi connectivity index (χ4n) is 0. The molecule has 0 rings (SSSR count). The normalized spacial score (nSPS) is 0. The van der Waals surface area contributed by atoms with E-state index in [0.717, 1.165) is 0 Å². The van der Waals surface area contributed by atoms with Gasteiger partial charge in [0.05, 0.1) is 0 Å². The molecule has 4 heavy (non-hydrogen) atoms. The summed E-state index contributed by atoms with van der Waals surface area (Å²) in [6.07, 6.45) is 0. The summed E-state index contributed by atoms with van der Waals surface area (Å²) in [6, 6.07) is 0. The van der Waals surface area contributed by atoms with E-state index in [1.54, 1.807) is 0 Å². The van der Waals surface area contributed by atoms with Crippen molar-refractivity contribution in [2.45, 2.75) is 0 Å². The number of halogens is 4. The van der Waals surface area contributed by atoms with E-state index in [1.807, 2.05) is 0 Å². The maximum Gasteiger partial charge on any atom is -1.00 e. The van der Waals surface area contributed by atoms with Crippen LogP contribution in [-0.2, 0) is 0 Å². The monoisotopic (exact) mass is 92.0 g/mol. The van der Waals surface area contributed by atoms with Gasteiger partial charge in [-0.1, -0.05) is 0 Å². The highest BCUT2D eigenvalue weighted by molar-refractivity contribution is 0.00300. The van der Waals surface area contributed by atoms with Gasteiger partial charge in [-0.05, 0) is 0 Å². The van der Waals surface area contributed by atoms with E-state index in [2.05, 4.69) is 0 Å². The molecule has 0 bridgehead atoms. The van der Waals surface area contributed by atoms with Crippen LogP contribution in [0.25, 0.3) is 0 Å². The standard InChI is InChI=1S/ClH.3FH/h4*1H/p-4. The summed E-state index contributed by atoms with van der Waals surface area (Å²) in [5, 5.41) is 0. The summed E-state index contributed by atoms with van der Waals surface area (Å²) in [6.45, 7) is 0. The number of rotatable bonds is 0. The zero-order chi connectivity index (χ0) is 0. The summed E-state index contributed by atoms with van der Waals surface area (Å²) < 4.78 is 0. The Labute approximate surface area is 27.7 Å². The molecule has 0 saturated heterocycles. The van der Waals surface area contributed by atoms with Gasteiger partial charge in [0.1, 0.15) is 0 Å². The lowest BCUT2D eigenvalue weighted by molar-refractivity contribution is -0.00100. The van der Waals surface area contributed by atoms with E-state index >= 15 is 0 Å². The summed E-state index contributed by atoms with van der Waals surface area (Å²) in [5.74, 6) is 0. The van der Waals surface area contributed by atoms with Gasteiger partial charge >= 0.3 is 0 Å². The molecule has 0 aromatic rings. The molecule has 0 amide bonds. The molecule has 0 N–H and O–H groups in total. The van der Waals surface area contributed by atoms with Gasteiger partial charge in [0, 0.05) is 0 Å². The topological polar surface area (TPSA) is 0 Å². The highest BCUT2D eigenvalue weighted by Gasteiger charge is -0.997. The Morgan fingerprint density at radius 1 is 0.500 bits per heavy atom. The van der Waals surface area contributed by atoms with Crippen molar-refractivity contribution in [1.29, 1.82) is 0 Å². The molecule has 0 spiro atoms. The first-order chi connectivity index (χ1) is 0. The molecule has 0 radical (unpaired) electrons. The fourth-order valence-corrected chi connectivity index (χ4v) is 0. The lowest BCUT2D eigenvalue weighted by atomic mass is 19.0. The lowest BCUT2D eigenvalue weighted by Crippen LogP contribution is -3.00. The van der Waals surface area contributed by atoms with Crippen molar-refractivity contribution in [1.82, 2.24) is 0 Å². The van der Waals surface area contributed by atoms with Crippen molar-refractivity contribution in [3.63, 3.8) is 0 Å². The predicted molar refractivity (Wildman–Crippen MR) is 0 cm³/mol. The van der Waals surface area contributed by atoms with Crippen LogP contribution in [0.15, 0.2) is 0 Å². The smallest absolute Gasteiger partial charge is 1.00 e. The minimum atomic E-state index is 0. The Hall–Kier alpha value is 0.0800. The molecule has 0 unspecified atom stereocenters. The van der Waals surface area contributed by atoms with E-state index in [1.165, 1.54) is 0 Å². The molecule has 0 aliphatic carbocycles. The first-order valence-electron chi connectivity index (χ1n) is 0. The molecular weight excluding hydrogens is 92.4 g/mol. The van der Waals surface area contributed by atoms with Crippen molar-refractivity contribution >= 4 is 0 Å². The van der Waals surface area contributed by atoms with Crippen LogP contribution in [0.5, 0.6) is 0 Å². The Kier molecular flexibility index (Phi) is 3150000. The molecule has 0 aliphatic heterocycles. The van der Waals surface area contributed by atoms with Crippen molar-refractivity contribution in [3.05, 3.63) is 0 Å². The number of hydrogen-bond donors (Lipinski definition) is 0. The SMILES string of the molecule is [Cl-].[F-].[F-].[F-]. The van der Waals surface area contributed by atoms with E-state index in [9.17, 15) is 0 Å². The lowest BCUT2D eigenvalue weighted by Gasteiger charge is -1.00. The second-order valence-corrected chi connectivity index (χ2v) is 0. The molecule has 4 heteroatoms. The quantitative estimate of drug-likeness (QED) is 0.278. The zero-order valence-electron chi connectivity index (χ0n) is 1.51. The first-order valence-corrected chi connectivity index (χ1v) is 0. The van der Waals surface area contributed by atoms with Crippen LogP contribution in [0.1, 0.15) is 0 Å². The third kappa shape index (κ3) is 379. The molecule has 0 saturated carbocycles. The van der Waals surface area contributed by atoms with E-state index < -0.39 is 0 Å². The summed E-state index contributed by atoms with van der Waals surface area (Å²) in [5.41, 5.74) is 0. The van der Waals surface area contributed by atoms with Crippen LogP contribution in [0, 0.1) is 0 Å². The second-order valence-electron chi connectivity index (χ2n) is 0. The van der Waals surface area contributed by atoms with Gasteiger partial charge in [-0.25, -0.2) is 0 Å². The van der Waals surface area contributed by atoms with Crippen LogP contribution in [0.3, 0.4) is 0 Å². The molecule has 0 nitrogen and oxygen atoms in total. The van der Waals surface area contributed by atoms with Gasteiger partial charge in [0.2, 0.25) is 0 Å². The molecule has 0 aromatic carbocycles. The average molecular weight is 92.4 g/mol. The van der Waals surface area contributed by atoms with Crippen LogP contribution in [0.2, 0.25) is 0 Å². The van der Waals surface area contributed by atoms with Crippen molar-refractivity contribution in [3.8, 4) is 0 Å². The third-order valence-corrected chi connectivity index (χ3v) is 0. The summed E-state index contributed by atoms with van der Waals surface area (Å²) >= 11 is 0. The first kappa shape index (κ1) is 6050. The molecular formula is ClF3-4. The summed E-state index contributed by atoms with van der Waals surface area (Å²) in [4.78, 5) is 0. The molecule has 0 heterocycles. The van der Waals surface area contributed by atoms with E-state index in [4.69, 9.17) is 0 Å². The van der Waals surface area contributed by atoms with Crippen molar-refractivity contribution in [2.24, 2.45) is 0 Å². The average Bonchev–Trinajstić information content (AvgIpc) is 0. The van der Waals surface area contributed by atoms with Gasteiger partial charge in [-0.15, -0.1) is 0 Å². The Morgan fingerprint density at radius 3 is 0.500 bits per heavy atom. The largest absolute Gasteiger partial charge is 1.00 e. The van der Waals surface area contributed by atoms with E-state index in [-0.39, 0.29) is 26.5 Å². The van der Waals surface area contributed by atoms with Crippen LogP contribution in [-0.4, -0.2) is 0 Å². The fraction of sp³-hybridized carbons (Fsp3) is 0. The van der Waals surface area contributed by atoms with Gasteiger partial charge in [0.15, 0.2) is 0 Å². The highest BCUT2D eigenvalue weighted by Crippen LogP contribution is -2.99. The third-order valence-electron chi connectivity index (χ3n) is 0. The zero-order valence-corrected chi connectivity index (χ0v) is 2.27. The van der Waals surface area contributed by atoms with Crippen molar-refractivity contribution in [2.75, 3.05) is 0 Å². The molecule has 0 aromatic heterocycles. The van der Waals surface area contributed by atoms with Gasteiger partial charge < -0.3 is 26.5 Å². The van der Waals surface area contributed by atoms with E-state index in [0.29, 0.717) is 0 Å². The highest BCUT2D eigenvalue weighted by atomic mass is 35.5. The molecule has 0 fully saturated rings. The molecule has 0 atom stereocenters. The number of hydrogen-bond acceptors (Lipinski definition) is 0. The predicted octanol–water partition coefficient (Wildman–Crippen LogP) is -12.0. The molecule has 32 valence electrons. The van der Waals surface area contributed by atoms with Crippen LogP contribution < -0.4 is 26.5 Å².